The summed E-state index contributed by atoms with van der Waals surface area (Å²) in [5.74, 6) is 2.02. The highest BCUT2D eigenvalue weighted by Crippen LogP contribution is 2.26. The van der Waals surface area contributed by atoms with Gasteiger partial charge in [-0.05, 0) is 30.5 Å². The van der Waals surface area contributed by atoms with Crippen molar-refractivity contribution in [1.29, 1.82) is 0 Å². The highest BCUT2D eigenvalue weighted by atomic mass is 35.5. The number of carbonyl (C=O) groups excluding carboxylic acids is 2. The third kappa shape index (κ3) is 6.45. The van der Waals surface area contributed by atoms with Gasteiger partial charge in [0.2, 0.25) is 11.9 Å². The van der Waals surface area contributed by atoms with Crippen LogP contribution in [0.2, 0.25) is 5.15 Å². The van der Waals surface area contributed by atoms with Crippen LogP contribution in [-0.2, 0) is 20.9 Å². The molecule has 2 amide bonds. The third-order valence-corrected chi connectivity index (χ3v) is 7.22. The molecule has 1 N–H and O–H groups in total. The second-order valence-electron chi connectivity index (χ2n) is 9.65. The predicted molar refractivity (Wildman–Crippen MR) is 147 cm³/mol. The topological polar surface area (TPSA) is 124 Å². The molecule has 2 fully saturated rings. The normalized spacial score (nSPS) is 19.0. The molecule has 13 heteroatoms. The number of imidazole rings is 1. The van der Waals surface area contributed by atoms with Gasteiger partial charge in [-0.3, -0.25) is 14.2 Å². The van der Waals surface area contributed by atoms with Gasteiger partial charge in [-0.15, -0.1) is 0 Å². The quantitative estimate of drug-likeness (QED) is 0.386. The number of anilines is 1. The highest BCUT2D eigenvalue weighted by Gasteiger charge is 2.37. The lowest BCUT2D eigenvalue weighted by molar-refractivity contribution is -0.144. The van der Waals surface area contributed by atoms with Crippen LogP contribution in [0.1, 0.15) is 24.8 Å². The van der Waals surface area contributed by atoms with Crippen LogP contribution in [0, 0.1) is 0 Å². The molecule has 0 saturated carbocycles. The molecule has 0 aliphatic carbocycles. The number of aromatic nitrogens is 4. The van der Waals surface area contributed by atoms with E-state index in [1.165, 1.54) is 0 Å². The van der Waals surface area contributed by atoms with Crippen LogP contribution in [-0.4, -0.2) is 88.8 Å². The molecular weight excluding hydrogens is 538 g/mol. The molecule has 0 radical (unpaired) electrons. The van der Waals surface area contributed by atoms with Crippen LogP contribution in [0.25, 0.3) is 5.95 Å². The first-order valence-corrected chi connectivity index (χ1v) is 13.5. The SMILES string of the molecule is COc1cc(CNC(=O)CC2CN(c3cc(Cl)nc(-n4ccnc4)n3)CCN2C(=O)C2CCCO2)cc(OC)c1. The highest BCUT2D eigenvalue weighted by molar-refractivity contribution is 6.29. The zero-order valence-electron chi connectivity index (χ0n) is 22.5. The molecule has 2 aliphatic heterocycles. The fourth-order valence-corrected chi connectivity index (χ4v) is 5.16. The molecular formula is C27H32ClN7O5. The molecule has 2 atom stereocenters. The molecule has 0 bridgehead atoms. The number of carbonyl (C=O) groups is 2. The smallest absolute Gasteiger partial charge is 0.252 e. The molecule has 2 aromatic heterocycles. The Morgan fingerprint density at radius 1 is 1.12 bits per heavy atom. The Balaban J connectivity index is 1.32. The van der Waals surface area contributed by atoms with E-state index in [1.54, 1.807) is 54.5 Å². The number of nitrogens with zero attached hydrogens (tertiary/aromatic N) is 6. The van der Waals surface area contributed by atoms with Gasteiger partial charge < -0.3 is 29.3 Å². The average Bonchev–Trinajstić information content (AvgIpc) is 3.70. The van der Waals surface area contributed by atoms with Crippen LogP contribution in [0.5, 0.6) is 11.5 Å². The third-order valence-electron chi connectivity index (χ3n) is 7.02. The summed E-state index contributed by atoms with van der Waals surface area (Å²) in [5, 5.41) is 3.26. The molecule has 3 aromatic rings. The van der Waals surface area contributed by atoms with Crippen molar-refractivity contribution in [3.8, 4) is 17.4 Å². The van der Waals surface area contributed by atoms with Crippen LogP contribution in [0.4, 0.5) is 5.82 Å². The number of ether oxygens (including phenoxy) is 3. The molecule has 2 saturated heterocycles. The lowest BCUT2D eigenvalue weighted by Gasteiger charge is -2.42. The Morgan fingerprint density at radius 3 is 2.60 bits per heavy atom. The van der Waals surface area contributed by atoms with E-state index >= 15 is 0 Å². The van der Waals surface area contributed by atoms with Crippen molar-refractivity contribution in [1.82, 2.24) is 29.7 Å². The van der Waals surface area contributed by atoms with Crippen molar-refractivity contribution < 1.29 is 23.8 Å². The number of methoxy groups -OCH3 is 2. The van der Waals surface area contributed by atoms with E-state index in [2.05, 4.69) is 20.3 Å². The summed E-state index contributed by atoms with van der Waals surface area (Å²) >= 11 is 6.34. The zero-order valence-corrected chi connectivity index (χ0v) is 23.2. The van der Waals surface area contributed by atoms with Crippen molar-refractivity contribution in [2.45, 2.75) is 38.0 Å². The van der Waals surface area contributed by atoms with E-state index in [1.807, 2.05) is 17.0 Å². The molecule has 4 heterocycles. The average molecular weight is 570 g/mol. The van der Waals surface area contributed by atoms with Crippen molar-refractivity contribution in [2.24, 2.45) is 0 Å². The van der Waals surface area contributed by atoms with Crippen LogP contribution >= 0.6 is 11.6 Å². The van der Waals surface area contributed by atoms with E-state index in [4.69, 9.17) is 25.8 Å². The fourth-order valence-electron chi connectivity index (χ4n) is 4.99. The van der Waals surface area contributed by atoms with Crippen molar-refractivity contribution in [2.75, 3.05) is 45.4 Å². The minimum atomic E-state index is -0.470. The molecule has 212 valence electrons. The summed E-state index contributed by atoms with van der Waals surface area (Å²) < 4.78 is 18.0. The Labute approximate surface area is 237 Å². The van der Waals surface area contributed by atoms with E-state index in [-0.39, 0.29) is 29.9 Å². The first-order chi connectivity index (χ1) is 19.4. The summed E-state index contributed by atoms with van der Waals surface area (Å²) in [7, 11) is 3.16. The van der Waals surface area contributed by atoms with Gasteiger partial charge in [0.1, 0.15) is 34.9 Å². The van der Waals surface area contributed by atoms with Gasteiger partial charge >= 0.3 is 0 Å². The Kier molecular flexibility index (Phi) is 8.66. The fraction of sp³-hybridized carbons (Fsp3) is 0.444. The monoisotopic (exact) mass is 569 g/mol. The summed E-state index contributed by atoms with van der Waals surface area (Å²) in [4.78, 5) is 43.4. The molecule has 5 rings (SSSR count). The van der Waals surface area contributed by atoms with Crippen molar-refractivity contribution in [3.05, 3.63) is 53.7 Å². The first-order valence-electron chi connectivity index (χ1n) is 13.1. The number of nitrogens with one attached hydrogen (secondary N) is 1. The molecule has 2 unspecified atom stereocenters. The van der Waals surface area contributed by atoms with Gasteiger partial charge in [0.05, 0.1) is 20.3 Å². The van der Waals surface area contributed by atoms with Crippen LogP contribution < -0.4 is 19.7 Å². The van der Waals surface area contributed by atoms with E-state index in [0.29, 0.717) is 55.9 Å². The van der Waals surface area contributed by atoms with Crippen molar-refractivity contribution >= 4 is 29.2 Å². The standard InChI is InChI=1S/C27H32ClN7O5/c1-38-20-10-18(11-21(13-20)39-2)15-30-25(36)12-19-16-33(7-8-35(19)26(37)22-4-3-9-40-22)24-14-23(28)31-27(32-24)34-6-5-29-17-34/h5-6,10-11,13-14,17,19,22H,3-4,7-9,12,15-16H2,1-2H3,(H,30,36). The number of amides is 2. The van der Waals surface area contributed by atoms with Gasteiger partial charge in [0.15, 0.2) is 0 Å². The summed E-state index contributed by atoms with van der Waals surface area (Å²) in [5.41, 5.74) is 0.838. The maximum absolute atomic E-state index is 13.4. The maximum Gasteiger partial charge on any atom is 0.252 e. The van der Waals surface area contributed by atoms with Gasteiger partial charge in [0.25, 0.3) is 5.91 Å². The predicted octanol–water partition coefficient (Wildman–Crippen LogP) is 2.24. The van der Waals surface area contributed by atoms with Crippen LogP contribution in [0.15, 0.2) is 43.0 Å². The van der Waals surface area contributed by atoms with Gasteiger partial charge in [-0.25, -0.2) is 9.97 Å². The number of piperazine rings is 1. The largest absolute Gasteiger partial charge is 0.497 e. The molecule has 12 nitrogen and oxygen atoms in total. The number of rotatable bonds is 9. The summed E-state index contributed by atoms with van der Waals surface area (Å²) in [6.45, 7) is 2.21. The van der Waals surface area contributed by atoms with E-state index in [9.17, 15) is 9.59 Å². The maximum atomic E-state index is 13.4. The van der Waals surface area contributed by atoms with Gasteiger partial charge in [-0.2, -0.15) is 4.98 Å². The number of benzene rings is 1. The zero-order chi connectivity index (χ0) is 28.1. The summed E-state index contributed by atoms with van der Waals surface area (Å²) in [6, 6.07) is 6.75. The van der Waals surface area contributed by atoms with Gasteiger partial charge in [-0.1, -0.05) is 11.6 Å². The first kappa shape index (κ1) is 27.7. The minimum absolute atomic E-state index is 0.0766. The minimum Gasteiger partial charge on any atom is -0.497 e. The number of halogens is 1. The number of hydrogen-bond donors (Lipinski definition) is 1. The second kappa shape index (κ2) is 12.5. The summed E-state index contributed by atoms with van der Waals surface area (Å²) in [6.07, 6.45) is 6.15. The molecule has 40 heavy (non-hydrogen) atoms. The Hall–Kier alpha value is -3.90. The van der Waals surface area contributed by atoms with Gasteiger partial charge in [0, 0.05) is 63.7 Å². The van der Waals surface area contributed by atoms with Crippen molar-refractivity contribution in [3.63, 3.8) is 0 Å². The second-order valence-corrected chi connectivity index (χ2v) is 10.0. The molecule has 0 spiro atoms. The lowest BCUT2D eigenvalue weighted by atomic mass is 10.1. The van der Waals surface area contributed by atoms with E-state index < -0.39 is 12.1 Å². The molecule has 1 aromatic carbocycles. The lowest BCUT2D eigenvalue weighted by Crippen LogP contribution is -2.58. The Bertz CT molecular complexity index is 1310. The van der Waals surface area contributed by atoms with E-state index in [0.717, 1.165) is 12.0 Å². The number of hydrogen-bond acceptors (Lipinski definition) is 9. The van der Waals surface area contributed by atoms with Crippen LogP contribution in [0.3, 0.4) is 0 Å². The Morgan fingerprint density at radius 2 is 1.93 bits per heavy atom. The molecule has 2 aliphatic rings.